The number of hydrogen-bond acceptors (Lipinski definition) is 3. The van der Waals surface area contributed by atoms with Crippen LogP contribution in [0.2, 0.25) is 0 Å². The standard InChI is InChI=1S/C12H18N2OS/c1-9-3-4-12(16-9)8-14-6-5-11(7-14)13-10(2)15/h3-4,11H,5-8H2,1-2H3,(H,13,15). The molecule has 1 aromatic heterocycles. The van der Waals surface area contributed by atoms with Crippen LogP contribution in [-0.4, -0.2) is 29.9 Å². The highest BCUT2D eigenvalue weighted by molar-refractivity contribution is 7.11. The van der Waals surface area contributed by atoms with E-state index in [0.29, 0.717) is 6.04 Å². The molecule has 1 fully saturated rings. The van der Waals surface area contributed by atoms with Crippen LogP contribution in [0.3, 0.4) is 0 Å². The van der Waals surface area contributed by atoms with Gasteiger partial charge in [-0.05, 0) is 25.5 Å². The molecule has 88 valence electrons. The Balaban J connectivity index is 1.82. The molecule has 1 unspecified atom stereocenters. The lowest BCUT2D eigenvalue weighted by Crippen LogP contribution is -2.35. The van der Waals surface area contributed by atoms with Crippen LogP contribution in [0.5, 0.6) is 0 Å². The summed E-state index contributed by atoms with van der Waals surface area (Å²) >= 11 is 1.86. The van der Waals surface area contributed by atoms with E-state index < -0.39 is 0 Å². The monoisotopic (exact) mass is 238 g/mol. The van der Waals surface area contributed by atoms with Gasteiger partial charge in [0.2, 0.25) is 5.91 Å². The molecular weight excluding hydrogens is 220 g/mol. The van der Waals surface area contributed by atoms with E-state index in [4.69, 9.17) is 0 Å². The maximum atomic E-state index is 10.9. The van der Waals surface area contributed by atoms with Crippen LogP contribution in [0, 0.1) is 6.92 Å². The van der Waals surface area contributed by atoms with Crippen molar-refractivity contribution in [2.75, 3.05) is 13.1 Å². The Morgan fingerprint density at radius 1 is 1.62 bits per heavy atom. The quantitative estimate of drug-likeness (QED) is 0.870. The lowest BCUT2D eigenvalue weighted by Gasteiger charge is -2.15. The molecule has 0 saturated carbocycles. The third kappa shape index (κ3) is 3.06. The van der Waals surface area contributed by atoms with Gasteiger partial charge in [-0.2, -0.15) is 0 Å². The summed E-state index contributed by atoms with van der Waals surface area (Å²) < 4.78 is 0. The molecule has 0 radical (unpaired) electrons. The Bertz CT molecular complexity index is 375. The van der Waals surface area contributed by atoms with Crippen LogP contribution >= 0.6 is 11.3 Å². The first-order valence-corrected chi connectivity index (χ1v) is 6.50. The van der Waals surface area contributed by atoms with Gasteiger partial charge < -0.3 is 5.32 Å². The lowest BCUT2D eigenvalue weighted by atomic mass is 10.3. The van der Waals surface area contributed by atoms with Gasteiger partial charge in [-0.15, -0.1) is 11.3 Å². The molecule has 1 N–H and O–H groups in total. The van der Waals surface area contributed by atoms with E-state index in [1.807, 2.05) is 11.3 Å². The molecule has 1 aromatic rings. The van der Waals surface area contributed by atoms with Crippen LogP contribution in [0.25, 0.3) is 0 Å². The van der Waals surface area contributed by atoms with Crippen molar-refractivity contribution in [2.24, 2.45) is 0 Å². The number of thiophene rings is 1. The number of aryl methyl sites for hydroxylation is 1. The molecular formula is C12H18N2OS. The van der Waals surface area contributed by atoms with E-state index in [-0.39, 0.29) is 5.91 Å². The zero-order chi connectivity index (χ0) is 11.5. The summed E-state index contributed by atoms with van der Waals surface area (Å²) in [5.41, 5.74) is 0. The van der Waals surface area contributed by atoms with Gasteiger partial charge in [0, 0.05) is 42.4 Å². The van der Waals surface area contributed by atoms with Gasteiger partial charge in [0.05, 0.1) is 0 Å². The molecule has 0 aromatic carbocycles. The minimum Gasteiger partial charge on any atom is -0.352 e. The smallest absolute Gasteiger partial charge is 0.217 e. The summed E-state index contributed by atoms with van der Waals surface area (Å²) in [6, 6.07) is 4.71. The van der Waals surface area contributed by atoms with Gasteiger partial charge in [-0.3, -0.25) is 9.69 Å². The maximum Gasteiger partial charge on any atom is 0.217 e. The maximum absolute atomic E-state index is 10.9. The SMILES string of the molecule is CC(=O)NC1CCN(Cc2ccc(C)s2)C1. The summed E-state index contributed by atoms with van der Waals surface area (Å²) in [5.74, 6) is 0.0822. The Morgan fingerprint density at radius 3 is 3.06 bits per heavy atom. The molecule has 0 spiro atoms. The summed E-state index contributed by atoms with van der Waals surface area (Å²) in [5, 5.41) is 2.99. The third-order valence-electron chi connectivity index (χ3n) is 2.86. The van der Waals surface area contributed by atoms with E-state index in [9.17, 15) is 4.79 Å². The summed E-state index contributed by atoms with van der Waals surface area (Å²) in [4.78, 5) is 16.1. The Hall–Kier alpha value is -0.870. The summed E-state index contributed by atoms with van der Waals surface area (Å²) in [6.07, 6.45) is 1.07. The highest BCUT2D eigenvalue weighted by atomic mass is 32.1. The second-order valence-electron chi connectivity index (χ2n) is 4.43. The number of nitrogens with zero attached hydrogens (tertiary/aromatic N) is 1. The number of likely N-dealkylation sites (tertiary alicyclic amines) is 1. The molecule has 0 bridgehead atoms. The van der Waals surface area contributed by atoms with Crippen molar-refractivity contribution in [1.82, 2.24) is 10.2 Å². The Kier molecular flexibility index (Phi) is 3.61. The molecule has 2 rings (SSSR count). The molecule has 3 nitrogen and oxygen atoms in total. The fourth-order valence-corrected chi connectivity index (χ4v) is 3.10. The molecule has 16 heavy (non-hydrogen) atoms. The number of nitrogens with one attached hydrogen (secondary N) is 1. The molecule has 1 saturated heterocycles. The average Bonchev–Trinajstić information content (AvgIpc) is 2.76. The normalized spacial score (nSPS) is 21.2. The molecule has 1 amide bonds. The first kappa shape index (κ1) is 11.6. The van der Waals surface area contributed by atoms with Crippen LogP contribution < -0.4 is 5.32 Å². The fourth-order valence-electron chi connectivity index (χ4n) is 2.17. The number of carbonyl (C=O) groups excluding carboxylic acids is 1. The highest BCUT2D eigenvalue weighted by Gasteiger charge is 2.22. The van der Waals surface area contributed by atoms with Crippen LogP contribution in [0.1, 0.15) is 23.1 Å². The zero-order valence-corrected chi connectivity index (χ0v) is 10.6. The van der Waals surface area contributed by atoms with Gasteiger partial charge in [0.25, 0.3) is 0 Å². The largest absolute Gasteiger partial charge is 0.352 e. The summed E-state index contributed by atoms with van der Waals surface area (Å²) in [7, 11) is 0. The highest BCUT2D eigenvalue weighted by Crippen LogP contribution is 2.19. The molecule has 2 heterocycles. The van der Waals surface area contributed by atoms with Gasteiger partial charge in [0.15, 0.2) is 0 Å². The van der Waals surface area contributed by atoms with Crippen molar-refractivity contribution >= 4 is 17.2 Å². The van der Waals surface area contributed by atoms with Gasteiger partial charge in [0.1, 0.15) is 0 Å². The topological polar surface area (TPSA) is 32.3 Å². The van der Waals surface area contributed by atoms with Crippen molar-refractivity contribution in [3.8, 4) is 0 Å². The van der Waals surface area contributed by atoms with E-state index >= 15 is 0 Å². The van der Waals surface area contributed by atoms with Crippen LogP contribution in [-0.2, 0) is 11.3 Å². The molecule has 1 atom stereocenters. The van der Waals surface area contributed by atoms with E-state index in [0.717, 1.165) is 26.1 Å². The van der Waals surface area contributed by atoms with E-state index in [2.05, 4.69) is 29.3 Å². The predicted molar refractivity (Wildman–Crippen MR) is 66.6 cm³/mol. The minimum atomic E-state index is 0.0822. The number of carbonyl (C=O) groups is 1. The minimum absolute atomic E-state index is 0.0822. The van der Waals surface area contributed by atoms with Crippen molar-refractivity contribution in [1.29, 1.82) is 0 Å². The van der Waals surface area contributed by atoms with Crippen LogP contribution in [0.4, 0.5) is 0 Å². The van der Waals surface area contributed by atoms with Crippen molar-refractivity contribution < 1.29 is 4.79 Å². The number of amides is 1. The fraction of sp³-hybridized carbons (Fsp3) is 0.583. The van der Waals surface area contributed by atoms with Gasteiger partial charge in [-0.1, -0.05) is 0 Å². The second-order valence-corrected chi connectivity index (χ2v) is 5.81. The van der Waals surface area contributed by atoms with Crippen molar-refractivity contribution in [3.05, 3.63) is 21.9 Å². The molecule has 0 aliphatic carbocycles. The predicted octanol–water partition coefficient (Wildman–Crippen LogP) is 1.77. The van der Waals surface area contributed by atoms with Gasteiger partial charge >= 0.3 is 0 Å². The first-order chi connectivity index (χ1) is 7.63. The van der Waals surface area contributed by atoms with Crippen molar-refractivity contribution in [3.63, 3.8) is 0 Å². The van der Waals surface area contributed by atoms with Crippen LogP contribution in [0.15, 0.2) is 12.1 Å². The van der Waals surface area contributed by atoms with Crippen molar-refractivity contribution in [2.45, 2.75) is 32.9 Å². The molecule has 1 aliphatic rings. The lowest BCUT2D eigenvalue weighted by molar-refractivity contribution is -0.119. The zero-order valence-electron chi connectivity index (χ0n) is 9.82. The van der Waals surface area contributed by atoms with E-state index in [1.165, 1.54) is 9.75 Å². The Labute approximate surface area is 100 Å². The van der Waals surface area contributed by atoms with Gasteiger partial charge in [-0.25, -0.2) is 0 Å². The number of hydrogen-bond donors (Lipinski definition) is 1. The number of rotatable bonds is 3. The molecule has 1 aliphatic heterocycles. The molecule has 4 heteroatoms. The van der Waals surface area contributed by atoms with E-state index in [1.54, 1.807) is 6.92 Å². The first-order valence-electron chi connectivity index (χ1n) is 5.68. The Morgan fingerprint density at radius 2 is 2.44 bits per heavy atom. The second kappa shape index (κ2) is 4.97. The average molecular weight is 238 g/mol. The third-order valence-corrected chi connectivity index (χ3v) is 3.84. The summed E-state index contributed by atoms with van der Waals surface area (Å²) in [6.45, 7) is 6.82.